The first-order chi connectivity index (χ1) is 16.8. The van der Waals surface area contributed by atoms with Gasteiger partial charge in [0.15, 0.2) is 0 Å². The van der Waals surface area contributed by atoms with Gasteiger partial charge in [-0.1, -0.05) is 48.5 Å². The Kier molecular flexibility index (Phi) is 7.35. The second kappa shape index (κ2) is 11.0. The van der Waals surface area contributed by atoms with Gasteiger partial charge in [0.1, 0.15) is 17.2 Å². The number of fused-ring (bicyclic) bond motifs is 1. The van der Waals surface area contributed by atoms with Crippen LogP contribution in [0.2, 0.25) is 0 Å². The largest absolute Gasteiger partial charge is 0.508 e. The lowest BCUT2D eigenvalue weighted by Crippen LogP contribution is -2.25. The van der Waals surface area contributed by atoms with Crippen LogP contribution in [0.5, 0.6) is 17.2 Å². The Morgan fingerprint density at radius 3 is 2.44 bits per heavy atom. The van der Waals surface area contributed by atoms with Crippen molar-refractivity contribution in [2.45, 2.75) is 43.9 Å². The van der Waals surface area contributed by atoms with Crippen molar-refractivity contribution in [2.24, 2.45) is 0 Å². The summed E-state index contributed by atoms with van der Waals surface area (Å²) in [5.74, 6) is 2.30. The van der Waals surface area contributed by atoms with Crippen molar-refractivity contribution in [3.05, 3.63) is 89.5 Å². The zero-order valence-electron chi connectivity index (χ0n) is 19.9. The smallest absolute Gasteiger partial charge is 0.126 e. The van der Waals surface area contributed by atoms with E-state index in [0.29, 0.717) is 6.61 Å². The van der Waals surface area contributed by atoms with Crippen molar-refractivity contribution < 1.29 is 14.6 Å². The fraction of sp³-hybridized carbons (Fsp3) is 0.400. The summed E-state index contributed by atoms with van der Waals surface area (Å²) < 4.78 is 12.1. The molecular weight excluding hydrogens is 422 g/mol. The van der Waals surface area contributed by atoms with E-state index in [1.807, 2.05) is 12.1 Å². The van der Waals surface area contributed by atoms with Crippen LogP contribution >= 0.6 is 0 Å². The molecule has 1 saturated heterocycles. The number of ether oxygens (including phenoxy) is 2. The molecule has 2 atom stereocenters. The summed E-state index contributed by atoms with van der Waals surface area (Å²) in [6.45, 7) is 5.16. The van der Waals surface area contributed by atoms with Crippen LogP contribution in [0.25, 0.3) is 0 Å². The van der Waals surface area contributed by atoms with Gasteiger partial charge in [0.25, 0.3) is 0 Å². The molecule has 0 spiro atoms. The average molecular weight is 458 g/mol. The molecule has 0 bridgehead atoms. The fourth-order valence-corrected chi connectivity index (χ4v) is 5.38. The summed E-state index contributed by atoms with van der Waals surface area (Å²) in [5, 5.41) is 9.96. The first-order valence-electron chi connectivity index (χ1n) is 12.7. The van der Waals surface area contributed by atoms with Gasteiger partial charge < -0.3 is 19.5 Å². The SMILES string of the molecule is Oc1ccc2c(c1)OC[C@H](c1ccccc1)C2c1ccc(OCCCCCN2CCCC2)cc1. The quantitative estimate of drug-likeness (QED) is 0.381. The molecule has 4 heteroatoms. The second-order valence-electron chi connectivity index (χ2n) is 9.55. The molecule has 1 N–H and O–H groups in total. The van der Waals surface area contributed by atoms with E-state index in [0.717, 1.165) is 30.1 Å². The summed E-state index contributed by atoms with van der Waals surface area (Å²) in [6.07, 6.45) is 6.32. The molecule has 34 heavy (non-hydrogen) atoms. The molecule has 5 rings (SSSR count). The average Bonchev–Trinajstić information content (AvgIpc) is 3.40. The molecule has 0 radical (unpaired) electrons. The highest BCUT2D eigenvalue weighted by atomic mass is 16.5. The number of phenolic OH excluding ortho intramolecular Hbond substituents is 1. The molecule has 0 saturated carbocycles. The van der Waals surface area contributed by atoms with Gasteiger partial charge in [-0.3, -0.25) is 0 Å². The third kappa shape index (κ3) is 5.39. The second-order valence-corrected chi connectivity index (χ2v) is 9.55. The van der Waals surface area contributed by atoms with E-state index in [2.05, 4.69) is 53.4 Å². The van der Waals surface area contributed by atoms with E-state index in [1.54, 1.807) is 12.1 Å². The molecule has 4 nitrogen and oxygen atoms in total. The minimum Gasteiger partial charge on any atom is -0.508 e. The highest BCUT2D eigenvalue weighted by Gasteiger charge is 2.33. The Morgan fingerprint density at radius 1 is 0.853 bits per heavy atom. The molecule has 2 aliphatic rings. The number of likely N-dealkylation sites (tertiary alicyclic amines) is 1. The molecule has 1 unspecified atom stereocenters. The molecule has 0 amide bonds. The van der Waals surface area contributed by atoms with Crippen molar-refractivity contribution >= 4 is 0 Å². The molecule has 3 aromatic carbocycles. The van der Waals surface area contributed by atoms with Crippen LogP contribution in [0, 0.1) is 0 Å². The topological polar surface area (TPSA) is 41.9 Å². The van der Waals surface area contributed by atoms with Crippen LogP contribution in [-0.4, -0.2) is 42.9 Å². The van der Waals surface area contributed by atoms with E-state index >= 15 is 0 Å². The number of hydrogen-bond acceptors (Lipinski definition) is 4. The lowest BCUT2D eigenvalue weighted by Gasteiger charge is -2.34. The highest BCUT2D eigenvalue weighted by molar-refractivity contribution is 5.50. The van der Waals surface area contributed by atoms with Crippen LogP contribution < -0.4 is 9.47 Å². The van der Waals surface area contributed by atoms with E-state index in [4.69, 9.17) is 9.47 Å². The molecule has 2 aliphatic heterocycles. The minimum absolute atomic E-state index is 0.159. The van der Waals surface area contributed by atoms with Crippen LogP contribution in [-0.2, 0) is 0 Å². The first-order valence-corrected chi connectivity index (χ1v) is 12.7. The van der Waals surface area contributed by atoms with Gasteiger partial charge in [0, 0.05) is 23.5 Å². The van der Waals surface area contributed by atoms with E-state index < -0.39 is 0 Å². The predicted octanol–water partition coefficient (Wildman–Crippen LogP) is 6.35. The van der Waals surface area contributed by atoms with Crippen molar-refractivity contribution in [2.75, 3.05) is 32.8 Å². The molecule has 1 fully saturated rings. The number of rotatable bonds is 9. The Bertz CT molecular complexity index is 1040. The maximum absolute atomic E-state index is 9.96. The fourth-order valence-electron chi connectivity index (χ4n) is 5.38. The van der Waals surface area contributed by atoms with Crippen LogP contribution in [0.15, 0.2) is 72.8 Å². The van der Waals surface area contributed by atoms with Gasteiger partial charge >= 0.3 is 0 Å². The van der Waals surface area contributed by atoms with Crippen LogP contribution in [0.1, 0.15) is 60.6 Å². The van der Waals surface area contributed by atoms with E-state index in [-0.39, 0.29) is 17.6 Å². The van der Waals surface area contributed by atoms with Crippen molar-refractivity contribution in [1.29, 1.82) is 0 Å². The van der Waals surface area contributed by atoms with Gasteiger partial charge in [-0.05, 0) is 81.1 Å². The molecule has 3 aromatic rings. The van der Waals surface area contributed by atoms with Crippen molar-refractivity contribution in [1.82, 2.24) is 4.90 Å². The van der Waals surface area contributed by atoms with Gasteiger partial charge in [0.2, 0.25) is 0 Å². The summed E-state index contributed by atoms with van der Waals surface area (Å²) in [7, 11) is 0. The van der Waals surface area contributed by atoms with E-state index in [9.17, 15) is 5.11 Å². The summed E-state index contributed by atoms with van der Waals surface area (Å²) in [4.78, 5) is 2.58. The van der Waals surface area contributed by atoms with Gasteiger partial charge in [-0.2, -0.15) is 0 Å². The highest BCUT2D eigenvalue weighted by Crippen LogP contribution is 2.47. The number of unbranched alkanes of at least 4 members (excludes halogenated alkanes) is 2. The summed E-state index contributed by atoms with van der Waals surface area (Å²) in [5.41, 5.74) is 3.62. The van der Waals surface area contributed by atoms with Crippen molar-refractivity contribution in [3.63, 3.8) is 0 Å². The van der Waals surface area contributed by atoms with Gasteiger partial charge in [0.05, 0.1) is 13.2 Å². The third-order valence-corrected chi connectivity index (χ3v) is 7.21. The molecule has 178 valence electrons. The van der Waals surface area contributed by atoms with Crippen LogP contribution in [0.3, 0.4) is 0 Å². The maximum atomic E-state index is 9.96. The molecule has 0 aromatic heterocycles. The van der Waals surface area contributed by atoms with Gasteiger partial charge in [-0.25, -0.2) is 0 Å². The number of benzene rings is 3. The molecule has 0 aliphatic carbocycles. The minimum atomic E-state index is 0.159. The summed E-state index contributed by atoms with van der Waals surface area (Å²) in [6, 6.07) is 24.6. The molecular formula is C30H35NO3. The Labute approximate surface area is 203 Å². The third-order valence-electron chi connectivity index (χ3n) is 7.21. The standard InChI is InChI=1S/C30H35NO3/c32-25-13-16-27-29(21-25)34-22-28(23-9-3-1-4-10-23)30(27)24-11-14-26(15-12-24)33-20-8-2-5-17-31-18-6-7-19-31/h1,3-4,9-16,21,28,30,32H,2,5-8,17-20,22H2/t28-,30?/m1/s1. The van der Waals surface area contributed by atoms with E-state index in [1.165, 1.54) is 56.4 Å². The Balaban J connectivity index is 1.24. The number of phenols is 1. The Morgan fingerprint density at radius 2 is 1.65 bits per heavy atom. The van der Waals surface area contributed by atoms with Gasteiger partial charge in [-0.15, -0.1) is 0 Å². The van der Waals surface area contributed by atoms with Crippen LogP contribution in [0.4, 0.5) is 0 Å². The first kappa shape index (κ1) is 22.8. The zero-order chi connectivity index (χ0) is 23.2. The maximum Gasteiger partial charge on any atom is 0.126 e. The van der Waals surface area contributed by atoms with Crippen molar-refractivity contribution in [3.8, 4) is 17.2 Å². The monoisotopic (exact) mass is 457 g/mol. The number of hydrogen-bond donors (Lipinski definition) is 1. The zero-order valence-corrected chi connectivity index (χ0v) is 19.9. The normalized spacial score (nSPS) is 20.0. The summed E-state index contributed by atoms with van der Waals surface area (Å²) >= 11 is 0. The Hall–Kier alpha value is -2.98. The number of aromatic hydroxyl groups is 1. The lowest BCUT2D eigenvalue weighted by molar-refractivity contribution is 0.247. The number of nitrogens with zero attached hydrogens (tertiary/aromatic N) is 1. The lowest BCUT2D eigenvalue weighted by atomic mass is 9.76. The predicted molar refractivity (Wildman–Crippen MR) is 136 cm³/mol. The molecule has 2 heterocycles.